The molecule has 2 amide bonds. The van der Waals surface area contributed by atoms with Crippen LogP contribution in [0, 0.1) is 24.5 Å². The lowest BCUT2D eigenvalue weighted by Gasteiger charge is -2.39. The molecular weight excluding hydrogens is 388 g/mol. The highest BCUT2D eigenvalue weighted by Gasteiger charge is 2.31. The van der Waals surface area contributed by atoms with Gasteiger partial charge < -0.3 is 10.6 Å². The summed E-state index contributed by atoms with van der Waals surface area (Å²) in [6, 6.07) is 10.0. The van der Waals surface area contributed by atoms with E-state index < -0.39 is 11.6 Å². The number of anilines is 2. The van der Waals surface area contributed by atoms with Crippen molar-refractivity contribution in [2.75, 3.05) is 24.1 Å². The Morgan fingerprint density at radius 1 is 1.20 bits per heavy atom. The smallest absolute Gasteiger partial charge is 0.323 e. The molecule has 3 aromatic rings. The minimum absolute atomic E-state index is 0.127. The van der Waals surface area contributed by atoms with Gasteiger partial charge in [-0.3, -0.25) is 10.3 Å². The van der Waals surface area contributed by atoms with E-state index >= 15 is 0 Å². The van der Waals surface area contributed by atoms with Crippen molar-refractivity contribution in [3.05, 3.63) is 71.6 Å². The van der Waals surface area contributed by atoms with Crippen molar-refractivity contribution in [3.8, 4) is 11.3 Å². The van der Waals surface area contributed by atoms with Crippen molar-refractivity contribution in [1.29, 1.82) is 0 Å². The monoisotopic (exact) mass is 409 g/mol. The van der Waals surface area contributed by atoms with Gasteiger partial charge in [-0.25, -0.2) is 18.6 Å². The fraction of sp³-hybridized carbons (Fsp3) is 0.227. The number of aryl methyl sites for hydroxylation is 1. The van der Waals surface area contributed by atoms with Crippen LogP contribution in [0.2, 0.25) is 0 Å². The molecule has 1 fully saturated rings. The third-order valence-electron chi connectivity index (χ3n) is 5.10. The van der Waals surface area contributed by atoms with Gasteiger partial charge in [0, 0.05) is 36.6 Å². The predicted molar refractivity (Wildman–Crippen MR) is 111 cm³/mol. The molecule has 0 saturated carbocycles. The highest BCUT2D eigenvalue weighted by Crippen LogP contribution is 2.27. The van der Waals surface area contributed by atoms with Crippen molar-refractivity contribution in [1.82, 2.24) is 14.9 Å². The van der Waals surface area contributed by atoms with E-state index in [1.165, 1.54) is 18.2 Å². The molecule has 0 bridgehead atoms. The average molecular weight is 409 g/mol. The van der Waals surface area contributed by atoms with E-state index in [2.05, 4.69) is 21.4 Å². The number of carbonyl (C=O) groups excluding carboxylic acids is 1. The molecule has 0 unspecified atom stereocenters. The summed E-state index contributed by atoms with van der Waals surface area (Å²) in [5.41, 5.74) is 8.68. The van der Waals surface area contributed by atoms with Gasteiger partial charge in [0.1, 0.15) is 11.6 Å². The van der Waals surface area contributed by atoms with Crippen LogP contribution >= 0.6 is 0 Å². The number of halogens is 2. The van der Waals surface area contributed by atoms with Crippen LogP contribution < -0.4 is 11.1 Å². The maximum atomic E-state index is 14.1. The molecule has 1 saturated heterocycles. The van der Waals surface area contributed by atoms with Crippen molar-refractivity contribution < 1.29 is 13.6 Å². The number of nitrogen functional groups attached to an aromatic ring is 1. The first-order valence-electron chi connectivity index (χ1n) is 9.58. The van der Waals surface area contributed by atoms with Crippen LogP contribution in [0.1, 0.15) is 11.3 Å². The molecule has 3 N–H and O–H groups in total. The fourth-order valence-corrected chi connectivity index (χ4v) is 3.41. The summed E-state index contributed by atoms with van der Waals surface area (Å²) < 4.78 is 27.2. The molecule has 0 atom stereocenters. The van der Waals surface area contributed by atoms with Gasteiger partial charge in [-0.1, -0.05) is 6.07 Å². The molecule has 0 radical (unpaired) electrons. The van der Waals surface area contributed by atoms with E-state index in [1.54, 1.807) is 4.90 Å². The van der Waals surface area contributed by atoms with Gasteiger partial charge in [0.15, 0.2) is 5.82 Å². The Morgan fingerprint density at radius 3 is 2.70 bits per heavy atom. The van der Waals surface area contributed by atoms with Gasteiger partial charge in [-0.05, 0) is 55.2 Å². The Labute approximate surface area is 172 Å². The van der Waals surface area contributed by atoms with Crippen LogP contribution in [0.3, 0.4) is 0 Å². The lowest BCUT2D eigenvalue weighted by atomic mass is 9.93. The summed E-state index contributed by atoms with van der Waals surface area (Å²) in [7, 11) is 0. The first kappa shape index (κ1) is 19.8. The van der Waals surface area contributed by atoms with E-state index in [1.807, 2.05) is 19.2 Å². The zero-order valence-electron chi connectivity index (χ0n) is 16.4. The third-order valence-corrected chi connectivity index (χ3v) is 5.10. The number of benzene rings is 1. The predicted octanol–water partition coefficient (Wildman–Crippen LogP) is 4.02. The normalized spacial score (nSPS) is 13.8. The number of carbonyl (C=O) groups is 1. The molecule has 6 nitrogen and oxygen atoms in total. The highest BCUT2D eigenvalue weighted by atomic mass is 19.1. The number of hydrogen-bond donors (Lipinski definition) is 2. The Bertz CT molecular complexity index is 1080. The molecule has 8 heteroatoms. The van der Waals surface area contributed by atoms with Gasteiger partial charge in [-0.15, -0.1) is 0 Å². The number of hydrogen-bond acceptors (Lipinski definition) is 4. The molecule has 1 aromatic carbocycles. The standard InChI is InChI=1S/C22H21F2N5O/c1-13-2-3-14(10-26-13)8-15-11-29(12-15)22(30)28-21-19(25)6-7-20(27-21)17-5-4-16(23)9-18(17)24/h2-7,9-10,15H,8,11-12,25H2,1H3,(H,27,28,30). The summed E-state index contributed by atoms with van der Waals surface area (Å²) in [5.74, 6) is -0.896. The van der Waals surface area contributed by atoms with E-state index in [0.29, 0.717) is 19.0 Å². The van der Waals surface area contributed by atoms with E-state index in [4.69, 9.17) is 5.73 Å². The number of amides is 2. The van der Waals surface area contributed by atoms with Crippen LogP contribution in [0.5, 0.6) is 0 Å². The summed E-state index contributed by atoms with van der Waals surface area (Å²) in [4.78, 5) is 22.7. The number of rotatable bonds is 4. The molecule has 2 aromatic heterocycles. The summed E-state index contributed by atoms with van der Waals surface area (Å²) in [6.07, 6.45) is 2.72. The van der Waals surface area contributed by atoms with Gasteiger partial charge in [0.2, 0.25) is 0 Å². The van der Waals surface area contributed by atoms with E-state index in [9.17, 15) is 13.6 Å². The number of nitrogens with one attached hydrogen (secondary N) is 1. The van der Waals surface area contributed by atoms with Crippen LogP contribution in [0.15, 0.2) is 48.7 Å². The number of nitrogens with two attached hydrogens (primary N) is 1. The van der Waals surface area contributed by atoms with Crippen molar-refractivity contribution in [3.63, 3.8) is 0 Å². The minimum atomic E-state index is -0.735. The first-order chi connectivity index (χ1) is 14.4. The Kier molecular flexibility index (Phi) is 5.31. The lowest BCUT2D eigenvalue weighted by molar-refractivity contribution is 0.131. The molecule has 1 aliphatic heterocycles. The molecule has 1 aliphatic rings. The number of nitrogens with zero attached hydrogens (tertiary/aromatic N) is 3. The largest absolute Gasteiger partial charge is 0.396 e. The van der Waals surface area contributed by atoms with Crippen molar-refractivity contribution >= 4 is 17.5 Å². The van der Waals surface area contributed by atoms with E-state index in [-0.39, 0.29) is 28.8 Å². The maximum absolute atomic E-state index is 14.1. The summed E-state index contributed by atoms with van der Waals surface area (Å²) in [5, 5.41) is 2.69. The molecule has 4 rings (SSSR count). The quantitative estimate of drug-likeness (QED) is 0.682. The van der Waals surface area contributed by atoms with Gasteiger partial charge >= 0.3 is 6.03 Å². The van der Waals surface area contributed by atoms with E-state index in [0.717, 1.165) is 29.8 Å². The molecule has 3 heterocycles. The molecule has 30 heavy (non-hydrogen) atoms. The Balaban J connectivity index is 1.39. The van der Waals surface area contributed by atoms with Crippen LogP contribution in [0.25, 0.3) is 11.3 Å². The second kappa shape index (κ2) is 8.06. The van der Waals surface area contributed by atoms with Crippen LogP contribution in [-0.4, -0.2) is 34.0 Å². The molecule has 0 aliphatic carbocycles. The van der Waals surface area contributed by atoms with Crippen LogP contribution in [0.4, 0.5) is 25.1 Å². The second-order valence-corrected chi connectivity index (χ2v) is 7.47. The number of likely N-dealkylation sites (tertiary alicyclic amines) is 1. The van der Waals surface area contributed by atoms with Gasteiger partial charge in [-0.2, -0.15) is 0 Å². The molecule has 154 valence electrons. The average Bonchev–Trinajstić information content (AvgIpc) is 2.67. The van der Waals surface area contributed by atoms with Gasteiger partial charge in [0.05, 0.1) is 11.4 Å². The van der Waals surface area contributed by atoms with Crippen molar-refractivity contribution in [2.45, 2.75) is 13.3 Å². The summed E-state index contributed by atoms with van der Waals surface area (Å²) in [6.45, 7) is 3.18. The summed E-state index contributed by atoms with van der Waals surface area (Å²) >= 11 is 0. The maximum Gasteiger partial charge on any atom is 0.323 e. The van der Waals surface area contributed by atoms with Gasteiger partial charge in [0.25, 0.3) is 0 Å². The SMILES string of the molecule is Cc1ccc(CC2CN(C(=O)Nc3nc(-c4ccc(F)cc4F)ccc3N)C2)cn1. The topological polar surface area (TPSA) is 84.1 Å². The lowest BCUT2D eigenvalue weighted by Crippen LogP contribution is -2.52. The third kappa shape index (κ3) is 4.22. The number of pyridine rings is 2. The minimum Gasteiger partial charge on any atom is -0.396 e. The van der Waals surface area contributed by atoms with Crippen molar-refractivity contribution in [2.24, 2.45) is 5.92 Å². The highest BCUT2D eigenvalue weighted by molar-refractivity contribution is 5.92. The van der Waals surface area contributed by atoms with Crippen LogP contribution in [-0.2, 0) is 6.42 Å². The Morgan fingerprint density at radius 2 is 2.00 bits per heavy atom. The molecular formula is C22H21F2N5O. The second-order valence-electron chi connectivity index (χ2n) is 7.47. The first-order valence-corrected chi connectivity index (χ1v) is 9.58. The zero-order valence-corrected chi connectivity index (χ0v) is 16.4. The number of aromatic nitrogens is 2. The fourth-order valence-electron chi connectivity index (χ4n) is 3.41. The zero-order chi connectivity index (χ0) is 21.3. The number of urea groups is 1. The Hall–Kier alpha value is -3.55. The molecule has 0 spiro atoms.